The van der Waals surface area contributed by atoms with Gasteiger partial charge in [0.15, 0.2) is 0 Å². The highest BCUT2D eigenvalue weighted by molar-refractivity contribution is 9.10. The molecule has 0 saturated carbocycles. The Balaban J connectivity index is 1.47. The first-order valence-electron chi connectivity index (χ1n) is 10.3. The van der Waals surface area contributed by atoms with Crippen molar-refractivity contribution < 1.29 is 18.7 Å². The van der Waals surface area contributed by atoms with Crippen LogP contribution in [0.3, 0.4) is 0 Å². The van der Waals surface area contributed by atoms with Gasteiger partial charge in [0.25, 0.3) is 0 Å². The van der Waals surface area contributed by atoms with Crippen LogP contribution in [0.2, 0.25) is 0 Å². The highest BCUT2D eigenvalue weighted by Gasteiger charge is 2.09. The summed E-state index contributed by atoms with van der Waals surface area (Å²) in [5.74, 6) is 6.36. The Labute approximate surface area is 200 Å². The van der Waals surface area contributed by atoms with Crippen LogP contribution in [0.25, 0.3) is 12.2 Å². The summed E-state index contributed by atoms with van der Waals surface area (Å²) in [6.07, 6.45) is 8.35. The van der Waals surface area contributed by atoms with Gasteiger partial charge in [-0.1, -0.05) is 34.1 Å². The van der Waals surface area contributed by atoms with Crippen LogP contribution >= 0.6 is 15.9 Å². The van der Waals surface area contributed by atoms with Gasteiger partial charge >= 0.3 is 0 Å². The van der Waals surface area contributed by atoms with Crippen LogP contribution in [0.1, 0.15) is 41.7 Å². The summed E-state index contributed by atoms with van der Waals surface area (Å²) >= 11 is 3.23. The van der Waals surface area contributed by atoms with E-state index in [0.717, 1.165) is 12.0 Å². The van der Waals surface area contributed by atoms with Gasteiger partial charge in [-0.05, 0) is 48.7 Å². The lowest BCUT2D eigenvalue weighted by Gasteiger charge is -2.15. The molecule has 1 heterocycles. The fraction of sp³-hybridized carbons (Fsp3) is 0.208. The number of oxazole rings is 1. The number of ether oxygens (including phenoxy) is 1. The maximum absolute atomic E-state index is 13.9. The van der Waals surface area contributed by atoms with Crippen LogP contribution in [-0.4, -0.2) is 21.6 Å². The average molecular weight is 517 g/mol. The first-order valence-corrected chi connectivity index (χ1v) is 11.1. The molecule has 33 heavy (non-hydrogen) atoms. The molecule has 0 amide bonds. The number of hydrogen-bond acceptors (Lipinski definition) is 7. The van der Waals surface area contributed by atoms with Gasteiger partial charge in [0, 0.05) is 35.1 Å². The third-order valence-corrected chi connectivity index (χ3v) is 5.25. The lowest BCUT2D eigenvalue weighted by molar-refractivity contribution is 0.160. The quantitative estimate of drug-likeness (QED) is 0.249. The van der Waals surface area contributed by atoms with Gasteiger partial charge in [-0.2, -0.15) is 0 Å². The van der Waals surface area contributed by atoms with Crippen molar-refractivity contribution in [3.63, 3.8) is 0 Å². The maximum Gasteiger partial charge on any atom is 0.218 e. The third kappa shape index (κ3) is 7.74. The molecule has 0 bridgehead atoms. The van der Waals surface area contributed by atoms with Crippen LogP contribution in [0.15, 0.2) is 70.0 Å². The first-order chi connectivity index (χ1) is 15.9. The fourth-order valence-electron chi connectivity index (χ4n) is 3.03. The van der Waals surface area contributed by atoms with Gasteiger partial charge in [0.2, 0.25) is 5.89 Å². The number of benzene rings is 2. The van der Waals surface area contributed by atoms with E-state index in [4.69, 9.17) is 20.7 Å². The predicted molar refractivity (Wildman–Crippen MR) is 129 cm³/mol. The molecule has 174 valence electrons. The predicted octanol–water partition coefficient (Wildman–Crippen LogP) is 4.74. The van der Waals surface area contributed by atoms with Crippen LogP contribution in [0.5, 0.6) is 5.75 Å². The van der Waals surface area contributed by atoms with E-state index in [-0.39, 0.29) is 12.4 Å². The topological polar surface area (TPSA) is 111 Å². The molecule has 0 aliphatic carbocycles. The lowest BCUT2D eigenvalue weighted by Crippen LogP contribution is -2.26. The van der Waals surface area contributed by atoms with Crippen molar-refractivity contribution in [1.82, 2.24) is 9.99 Å². The summed E-state index contributed by atoms with van der Waals surface area (Å²) in [5.41, 5.74) is 7.12. The fourth-order valence-corrected chi connectivity index (χ4v) is 3.36. The zero-order valence-corrected chi connectivity index (χ0v) is 19.5. The number of halogens is 2. The zero-order chi connectivity index (χ0) is 23.6. The second-order valence-electron chi connectivity index (χ2n) is 7.27. The molecule has 9 heteroatoms. The Morgan fingerprint density at radius 2 is 2.00 bits per heavy atom. The van der Waals surface area contributed by atoms with Crippen molar-refractivity contribution in [2.45, 2.75) is 25.6 Å². The average Bonchev–Trinajstić information content (AvgIpc) is 3.25. The van der Waals surface area contributed by atoms with E-state index in [0.29, 0.717) is 40.3 Å². The zero-order valence-electron chi connectivity index (χ0n) is 17.9. The minimum absolute atomic E-state index is 0.215. The standard InChI is InChI=1S/C24H26BrFN4O3/c25-19-7-3-17(22(26)14-19)6-10-24-29-20(16-33-24)15-32-21-8-4-18(5-9-21)23(31)2-1-12-30(28)13-11-27/h3-11,13-14,16,23,31H,1-2,12,15,27-28H2/b10-6+,13-11-. The van der Waals surface area contributed by atoms with Gasteiger partial charge < -0.3 is 25.0 Å². The van der Waals surface area contributed by atoms with E-state index >= 15 is 0 Å². The number of hydrazine groups is 1. The lowest BCUT2D eigenvalue weighted by atomic mass is 10.0. The normalized spacial score (nSPS) is 12.5. The number of nitrogens with zero attached hydrogens (tertiary/aromatic N) is 2. The van der Waals surface area contributed by atoms with Crippen molar-refractivity contribution in [2.24, 2.45) is 11.6 Å². The number of aliphatic hydroxyl groups is 1. The number of rotatable bonds is 11. The smallest absolute Gasteiger partial charge is 0.218 e. The van der Waals surface area contributed by atoms with Crippen molar-refractivity contribution >= 4 is 28.1 Å². The number of aliphatic hydroxyl groups excluding tert-OH is 1. The molecule has 0 aliphatic rings. The number of aromatic nitrogens is 1. The molecular weight excluding hydrogens is 491 g/mol. The molecule has 0 saturated heterocycles. The summed E-state index contributed by atoms with van der Waals surface area (Å²) in [4.78, 5) is 4.32. The van der Waals surface area contributed by atoms with E-state index in [1.54, 1.807) is 42.6 Å². The Kier molecular flexibility index (Phi) is 9.05. The second-order valence-corrected chi connectivity index (χ2v) is 8.19. The van der Waals surface area contributed by atoms with Crippen molar-refractivity contribution in [3.8, 4) is 5.75 Å². The van der Waals surface area contributed by atoms with Gasteiger partial charge in [0.1, 0.15) is 30.1 Å². The van der Waals surface area contributed by atoms with Crippen molar-refractivity contribution in [2.75, 3.05) is 6.54 Å². The maximum atomic E-state index is 13.9. The summed E-state index contributed by atoms with van der Waals surface area (Å²) in [6.45, 7) is 0.811. The van der Waals surface area contributed by atoms with E-state index < -0.39 is 6.10 Å². The Hall–Kier alpha value is -3.14. The molecule has 0 spiro atoms. The summed E-state index contributed by atoms with van der Waals surface area (Å²) in [5, 5.41) is 11.8. The van der Waals surface area contributed by atoms with Crippen molar-refractivity contribution in [3.05, 3.63) is 94.1 Å². The van der Waals surface area contributed by atoms with Crippen LogP contribution in [0.4, 0.5) is 4.39 Å². The highest BCUT2D eigenvalue weighted by atomic mass is 79.9. The van der Waals surface area contributed by atoms with E-state index in [1.807, 2.05) is 12.1 Å². The van der Waals surface area contributed by atoms with Gasteiger partial charge in [0.05, 0.1) is 6.10 Å². The molecule has 1 atom stereocenters. The largest absolute Gasteiger partial charge is 0.487 e. The van der Waals surface area contributed by atoms with Gasteiger partial charge in [-0.15, -0.1) is 0 Å². The molecule has 3 rings (SSSR count). The van der Waals surface area contributed by atoms with E-state index in [1.165, 1.54) is 23.5 Å². The van der Waals surface area contributed by atoms with E-state index in [2.05, 4.69) is 20.9 Å². The van der Waals surface area contributed by atoms with Crippen LogP contribution < -0.4 is 16.3 Å². The SMILES string of the molecule is N/C=C\N(N)CCCC(O)c1ccc(OCc2coc(/C=C/c3ccc(Br)cc3F)n2)cc1. The number of hydrogen-bond donors (Lipinski definition) is 3. The van der Waals surface area contributed by atoms with E-state index in [9.17, 15) is 9.50 Å². The Morgan fingerprint density at radius 3 is 2.73 bits per heavy atom. The highest BCUT2D eigenvalue weighted by Crippen LogP contribution is 2.22. The molecule has 1 aromatic heterocycles. The third-order valence-electron chi connectivity index (χ3n) is 4.76. The molecule has 1 unspecified atom stereocenters. The number of nitrogens with two attached hydrogens (primary N) is 2. The van der Waals surface area contributed by atoms with Crippen LogP contribution in [0, 0.1) is 5.82 Å². The molecule has 2 aromatic carbocycles. The molecule has 7 nitrogen and oxygen atoms in total. The molecule has 0 fully saturated rings. The Bertz CT molecular complexity index is 1090. The van der Waals surface area contributed by atoms with Crippen molar-refractivity contribution in [1.29, 1.82) is 0 Å². The summed E-state index contributed by atoms with van der Waals surface area (Å²) in [7, 11) is 0. The summed E-state index contributed by atoms with van der Waals surface area (Å²) in [6, 6.07) is 12.1. The van der Waals surface area contributed by atoms with Gasteiger partial charge in [-0.3, -0.25) is 0 Å². The molecule has 0 aliphatic heterocycles. The van der Waals surface area contributed by atoms with Gasteiger partial charge in [-0.25, -0.2) is 15.2 Å². The monoisotopic (exact) mass is 516 g/mol. The first kappa shape index (κ1) is 24.5. The molecule has 3 aromatic rings. The molecule has 5 N–H and O–H groups in total. The molecule has 0 radical (unpaired) electrons. The minimum Gasteiger partial charge on any atom is -0.487 e. The Morgan fingerprint density at radius 1 is 1.21 bits per heavy atom. The second kappa shape index (κ2) is 12.2. The summed E-state index contributed by atoms with van der Waals surface area (Å²) < 4.78 is 25.7. The van der Waals surface area contributed by atoms with Crippen LogP contribution in [-0.2, 0) is 6.61 Å². The molecular formula is C24H26BrFN4O3. The minimum atomic E-state index is -0.588.